The third-order valence-electron chi connectivity index (χ3n) is 2.71. The van der Waals surface area contributed by atoms with Gasteiger partial charge in [0.1, 0.15) is 1.41 Å². The molecular weight excluding hydrogens is 158 g/mol. The van der Waals surface area contributed by atoms with E-state index >= 15 is 0 Å². The SMILES string of the molecule is [2H]N(Cc1ccccc1)C(C)C1CC1. The van der Waals surface area contributed by atoms with Crippen LogP contribution in [-0.2, 0) is 6.54 Å². The largest absolute Gasteiger partial charge is 0.310 e. The fraction of sp³-hybridized carbons (Fsp3) is 0.500. The van der Waals surface area contributed by atoms with E-state index in [4.69, 9.17) is 1.41 Å². The lowest BCUT2D eigenvalue weighted by Gasteiger charge is -2.12. The molecule has 70 valence electrons. The molecule has 13 heavy (non-hydrogen) atoms. The van der Waals surface area contributed by atoms with Crippen LogP contribution in [0.2, 0.25) is 1.41 Å². The van der Waals surface area contributed by atoms with Crippen LogP contribution in [0.1, 0.15) is 25.3 Å². The van der Waals surface area contributed by atoms with Crippen molar-refractivity contribution in [3.63, 3.8) is 0 Å². The molecule has 1 saturated carbocycles. The van der Waals surface area contributed by atoms with Crippen molar-refractivity contribution in [3.8, 4) is 0 Å². The fourth-order valence-electron chi connectivity index (χ4n) is 1.56. The van der Waals surface area contributed by atoms with Crippen molar-refractivity contribution in [1.82, 2.24) is 5.31 Å². The van der Waals surface area contributed by atoms with Crippen LogP contribution in [0.3, 0.4) is 0 Å². The van der Waals surface area contributed by atoms with Crippen molar-refractivity contribution in [3.05, 3.63) is 35.9 Å². The molecule has 0 amide bonds. The quantitative estimate of drug-likeness (QED) is 0.743. The monoisotopic (exact) mass is 176 g/mol. The predicted molar refractivity (Wildman–Crippen MR) is 55.5 cm³/mol. The highest BCUT2D eigenvalue weighted by Gasteiger charge is 2.27. The lowest BCUT2D eigenvalue weighted by atomic mass is 10.2. The number of rotatable bonds is 4. The predicted octanol–water partition coefficient (Wildman–Crippen LogP) is 2.57. The van der Waals surface area contributed by atoms with Crippen molar-refractivity contribution in [2.75, 3.05) is 0 Å². The highest BCUT2D eigenvalue weighted by Crippen LogP contribution is 2.32. The summed E-state index contributed by atoms with van der Waals surface area (Å²) in [6.45, 7) is 2.91. The topological polar surface area (TPSA) is 12.0 Å². The van der Waals surface area contributed by atoms with Gasteiger partial charge in [-0.2, -0.15) is 0 Å². The molecule has 1 unspecified atom stereocenters. The molecule has 1 nitrogen and oxygen atoms in total. The first kappa shape index (κ1) is 7.57. The summed E-state index contributed by atoms with van der Waals surface area (Å²) in [5.74, 6) is 0.774. The third kappa shape index (κ3) is 2.56. The van der Waals surface area contributed by atoms with Crippen molar-refractivity contribution < 1.29 is 1.41 Å². The van der Waals surface area contributed by atoms with E-state index in [9.17, 15) is 0 Å². The van der Waals surface area contributed by atoms with E-state index in [0.717, 1.165) is 12.5 Å². The highest BCUT2D eigenvalue weighted by molar-refractivity contribution is 5.14. The number of hydrogen-bond acceptors (Lipinski definition) is 1. The van der Waals surface area contributed by atoms with Crippen molar-refractivity contribution >= 4 is 0 Å². The average Bonchev–Trinajstić information content (AvgIpc) is 3.01. The summed E-state index contributed by atoms with van der Waals surface area (Å²) >= 11 is 0. The molecule has 0 bridgehead atoms. The summed E-state index contributed by atoms with van der Waals surface area (Å²) in [6.07, 6.45) is 2.62. The molecule has 1 heteroatoms. The average molecular weight is 176 g/mol. The van der Waals surface area contributed by atoms with Gasteiger partial charge in [-0.05, 0) is 31.2 Å². The molecule has 1 aromatic rings. The van der Waals surface area contributed by atoms with Gasteiger partial charge in [-0.3, -0.25) is 0 Å². The second-order valence-electron chi connectivity index (χ2n) is 3.90. The second-order valence-corrected chi connectivity index (χ2v) is 3.90. The van der Waals surface area contributed by atoms with Gasteiger partial charge >= 0.3 is 0 Å². The summed E-state index contributed by atoms with van der Waals surface area (Å²) in [5.41, 5.74) is 1.23. The summed E-state index contributed by atoms with van der Waals surface area (Å²) in [7, 11) is 0. The normalized spacial score (nSPS) is 20.0. The molecule has 1 aliphatic carbocycles. The van der Waals surface area contributed by atoms with Crippen LogP contribution in [0.15, 0.2) is 30.3 Å². The van der Waals surface area contributed by atoms with E-state index in [1.54, 1.807) is 5.31 Å². The maximum Gasteiger partial charge on any atom is 0.123 e. The Kier molecular flexibility index (Phi) is 2.29. The molecular formula is C12H17N. The molecule has 1 atom stereocenters. The summed E-state index contributed by atoms with van der Waals surface area (Å²) < 4.78 is 7.92. The molecule has 1 aliphatic rings. The smallest absolute Gasteiger partial charge is 0.123 e. The Labute approximate surface area is 81.6 Å². The molecule has 0 spiro atoms. The number of benzene rings is 1. The van der Waals surface area contributed by atoms with Crippen LogP contribution in [-0.4, -0.2) is 6.04 Å². The highest BCUT2D eigenvalue weighted by atomic mass is 14.9. The Bertz CT molecular complexity index is 282. The van der Waals surface area contributed by atoms with Crippen LogP contribution in [0.4, 0.5) is 0 Å². The first-order valence-corrected chi connectivity index (χ1v) is 5.07. The Morgan fingerprint density at radius 3 is 2.77 bits per heavy atom. The molecule has 0 saturated heterocycles. The first-order chi connectivity index (χ1) is 6.77. The van der Waals surface area contributed by atoms with E-state index in [-0.39, 0.29) is 0 Å². The van der Waals surface area contributed by atoms with Crippen LogP contribution in [0.5, 0.6) is 0 Å². The standard InChI is InChI=1S/C12H17N/c1-10(12-7-8-12)13-9-11-5-3-2-4-6-11/h2-6,10,12-13H,7-9H2,1H3/i/hD. The summed E-state index contributed by atoms with van der Waals surface area (Å²) in [4.78, 5) is 0. The van der Waals surface area contributed by atoms with Gasteiger partial charge in [-0.15, -0.1) is 0 Å². The van der Waals surface area contributed by atoms with Crippen LogP contribution in [0, 0.1) is 5.92 Å². The van der Waals surface area contributed by atoms with Crippen molar-refractivity contribution in [2.24, 2.45) is 5.92 Å². The van der Waals surface area contributed by atoms with Crippen molar-refractivity contribution in [1.29, 1.82) is 0 Å². The van der Waals surface area contributed by atoms with E-state index in [0.29, 0.717) is 6.04 Å². The zero-order valence-electron chi connectivity index (χ0n) is 9.11. The third-order valence-corrected chi connectivity index (χ3v) is 2.71. The van der Waals surface area contributed by atoms with Gasteiger partial charge in [0.25, 0.3) is 0 Å². The molecule has 1 fully saturated rings. The van der Waals surface area contributed by atoms with Gasteiger partial charge in [0.15, 0.2) is 0 Å². The molecule has 0 radical (unpaired) electrons. The lowest BCUT2D eigenvalue weighted by molar-refractivity contribution is 0.496. The minimum atomic E-state index is 0.412. The Morgan fingerprint density at radius 1 is 1.46 bits per heavy atom. The molecule has 0 heterocycles. The Hall–Kier alpha value is -0.820. The number of hydrogen-bond donors (Lipinski definition) is 1. The zero-order chi connectivity index (χ0) is 9.97. The first-order valence-electron chi connectivity index (χ1n) is 5.51. The van der Waals surface area contributed by atoms with Gasteiger partial charge < -0.3 is 5.31 Å². The molecule has 0 aliphatic heterocycles. The second kappa shape index (κ2) is 3.93. The fourth-order valence-corrected chi connectivity index (χ4v) is 1.56. The molecule has 1 aromatic carbocycles. The van der Waals surface area contributed by atoms with Gasteiger partial charge in [0, 0.05) is 12.6 Å². The van der Waals surface area contributed by atoms with Gasteiger partial charge in [-0.25, -0.2) is 0 Å². The van der Waals surface area contributed by atoms with E-state index in [1.807, 2.05) is 18.2 Å². The van der Waals surface area contributed by atoms with E-state index in [1.165, 1.54) is 18.4 Å². The van der Waals surface area contributed by atoms with Crippen molar-refractivity contribution in [2.45, 2.75) is 32.4 Å². The molecule has 1 N–H and O–H groups in total. The van der Waals surface area contributed by atoms with E-state index in [2.05, 4.69) is 19.1 Å². The maximum absolute atomic E-state index is 7.92. The molecule has 0 aromatic heterocycles. The van der Waals surface area contributed by atoms with Crippen LogP contribution in [0.25, 0.3) is 0 Å². The van der Waals surface area contributed by atoms with Gasteiger partial charge in [-0.1, -0.05) is 30.3 Å². The summed E-state index contributed by atoms with van der Waals surface area (Å²) in [6, 6.07) is 10.7. The minimum Gasteiger partial charge on any atom is -0.310 e. The van der Waals surface area contributed by atoms with Crippen LogP contribution < -0.4 is 5.31 Å². The minimum absolute atomic E-state index is 0.412. The van der Waals surface area contributed by atoms with Gasteiger partial charge in [0.05, 0.1) is 0 Å². The van der Waals surface area contributed by atoms with Crippen LogP contribution >= 0.6 is 0 Å². The summed E-state index contributed by atoms with van der Waals surface area (Å²) in [5, 5.41) is 1.72. The van der Waals surface area contributed by atoms with E-state index < -0.39 is 0 Å². The number of nitrogens with one attached hydrogen (secondary N) is 1. The Morgan fingerprint density at radius 2 is 2.15 bits per heavy atom. The lowest BCUT2D eigenvalue weighted by Crippen LogP contribution is -2.27. The Balaban J connectivity index is 1.90. The maximum atomic E-state index is 7.92. The van der Waals surface area contributed by atoms with Gasteiger partial charge in [0.2, 0.25) is 0 Å². The zero-order valence-corrected chi connectivity index (χ0v) is 8.11. The molecule has 2 rings (SSSR count).